The summed E-state index contributed by atoms with van der Waals surface area (Å²) in [5.74, 6) is 3.51. The van der Waals surface area contributed by atoms with Crippen LogP contribution < -0.4 is 0 Å². The lowest BCUT2D eigenvalue weighted by atomic mass is 10.0. The quantitative estimate of drug-likeness (QED) is 0.583. The largest absolute Gasteiger partial charge is 0.179 e. The second kappa shape index (κ2) is 6.53. The van der Waals surface area contributed by atoms with Crippen molar-refractivity contribution in [3.63, 3.8) is 0 Å². The molecular weight excluding hydrogens is 256 g/mol. The number of rotatable bonds is 5. The first kappa shape index (κ1) is 13.8. The minimum absolute atomic E-state index is 0.685. The first-order valence-electron chi connectivity index (χ1n) is 6.43. The van der Waals surface area contributed by atoms with Crippen LogP contribution in [-0.2, 0) is 0 Å². The molecule has 0 radical (unpaired) electrons. The van der Waals surface area contributed by atoms with Gasteiger partial charge in [0.15, 0.2) is 0 Å². The topological polar surface area (TPSA) is 0 Å². The van der Waals surface area contributed by atoms with Gasteiger partial charge >= 0.3 is 0 Å². The molecule has 0 aliphatic carbocycles. The van der Waals surface area contributed by atoms with Gasteiger partial charge in [-0.15, -0.1) is 11.8 Å². The zero-order valence-electron chi connectivity index (χ0n) is 11.0. The van der Waals surface area contributed by atoms with Gasteiger partial charge in [-0.3, -0.25) is 0 Å². The lowest BCUT2D eigenvalue weighted by Crippen LogP contribution is -2.13. The Hall–Kier alpha value is -0.600. The second-order valence-electron chi connectivity index (χ2n) is 5.01. The van der Waals surface area contributed by atoms with Crippen molar-refractivity contribution in [1.82, 2.24) is 0 Å². The normalized spacial score (nSPS) is 13.1. The Bertz CT molecular complexity index is 505. The molecule has 1 atom stereocenters. The summed E-state index contributed by atoms with van der Waals surface area (Å²) in [6.45, 7) is 4.56. The molecule has 0 nitrogen and oxygen atoms in total. The number of thiol groups is 1. The molecule has 2 heteroatoms. The molecule has 0 saturated carbocycles. The van der Waals surface area contributed by atoms with Crippen molar-refractivity contribution < 1.29 is 0 Å². The third kappa shape index (κ3) is 3.46. The number of thioether (sulfide) groups is 1. The van der Waals surface area contributed by atoms with Crippen molar-refractivity contribution in [2.75, 3.05) is 11.5 Å². The predicted molar refractivity (Wildman–Crippen MR) is 86.9 cm³/mol. The van der Waals surface area contributed by atoms with Gasteiger partial charge in [0.2, 0.25) is 0 Å². The molecule has 0 saturated heterocycles. The summed E-state index contributed by atoms with van der Waals surface area (Å²) in [6, 6.07) is 15.3. The molecule has 18 heavy (non-hydrogen) atoms. The van der Waals surface area contributed by atoms with Crippen LogP contribution >= 0.6 is 24.4 Å². The van der Waals surface area contributed by atoms with Crippen LogP contribution in [0, 0.1) is 11.8 Å². The molecule has 1 unspecified atom stereocenters. The van der Waals surface area contributed by atoms with Crippen LogP contribution in [0.4, 0.5) is 0 Å². The number of hydrogen-bond acceptors (Lipinski definition) is 2. The van der Waals surface area contributed by atoms with E-state index >= 15 is 0 Å². The van der Waals surface area contributed by atoms with Gasteiger partial charge in [0.25, 0.3) is 0 Å². The summed E-state index contributed by atoms with van der Waals surface area (Å²) in [7, 11) is 0. The van der Waals surface area contributed by atoms with Gasteiger partial charge in [0, 0.05) is 10.6 Å². The standard InChI is InChI=1S/C16H20S2/c1-12(2)15(10-17)11-18-16-8-7-13-5-3-4-6-14(13)9-16/h3-9,12,15,17H,10-11H2,1-2H3. The van der Waals surface area contributed by atoms with Crippen LogP contribution in [0.2, 0.25) is 0 Å². The molecule has 0 heterocycles. The third-order valence-electron chi connectivity index (χ3n) is 3.36. The van der Waals surface area contributed by atoms with Gasteiger partial charge in [0.1, 0.15) is 0 Å². The zero-order valence-corrected chi connectivity index (χ0v) is 12.7. The van der Waals surface area contributed by atoms with E-state index in [1.807, 2.05) is 11.8 Å². The molecular formula is C16H20S2. The van der Waals surface area contributed by atoms with Gasteiger partial charge in [-0.05, 0) is 40.5 Å². The Morgan fingerprint density at radius 1 is 1.06 bits per heavy atom. The Labute approximate surface area is 120 Å². The lowest BCUT2D eigenvalue weighted by molar-refractivity contribution is 0.473. The average Bonchev–Trinajstić information content (AvgIpc) is 2.39. The van der Waals surface area contributed by atoms with E-state index in [-0.39, 0.29) is 0 Å². The monoisotopic (exact) mass is 276 g/mol. The summed E-state index contributed by atoms with van der Waals surface area (Å²) in [5, 5.41) is 2.64. The van der Waals surface area contributed by atoms with Crippen LogP contribution in [0.1, 0.15) is 13.8 Å². The number of hydrogen-bond donors (Lipinski definition) is 1. The smallest absolute Gasteiger partial charge is 0.00784 e. The van der Waals surface area contributed by atoms with E-state index in [1.54, 1.807) is 0 Å². The fourth-order valence-electron chi connectivity index (χ4n) is 1.92. The van der Waals surface area contributed by atoms with Gasteiger partial charge in [-0.2, -0.15) is 12.6 Å². The maximum atomic E-state index is 4.45. The average molecular weight is 276 g/mol. The zero-order chi connectivity index (χ0) is 13.0. The Morgan fingerprint density at radius 2 is 1.78 bits per heavy atom. The molecule has 0 bridgehead atoms. The molecule has 2 aromatic carbocycles. The van der Waals surface area contributed by atoms with Crippen molar-refractivity contribution in [1.29, 1.82) is 0 Å². The number of benzene rings is 2. The van der Waals surface area contributed by atoms with Crippen LogP contribution in [0.5, 0.6) is 0 Å². The maximum absolute atomic E-state index is 4.45. The summed E-state index contributed by atoms with van der Waals surface area (Å²) in [6.07, 6.45) is 0. The van der Waals surface area contributed by atoms with E-state index in [4.69, 9.17) is 0 Å². The highest BCUT2D eigenvalue weighted by Gasteiger charge is 2.11. The Kier molecular flexibility index (Phi) is 5.02. The predicted octanol–water partition coefficient (Wildman–Crippen LogP) is 5.13. The minimum atomic E-state index is 0.685. The summed E-state index contributed by atoms with van der Waals surface area (Å²) in [5.41, 5.74) is 0. The van der Waals surface area contributed by atoms with E-state index in [0.717, 1.165) is 11.5 Å². The van der Waals surface area contributed by atoms with E-state index in [2.05, 4.69) is 68.9 Å². The van der Waals surface area contributed by atoms with Crippen molar-refractivity contribution in [3.05, 3.63) is 42.5 Å². The van der Waals surface area contributed by atoms with E-state index < -0.39 is 0 Å². The molecule has 2 aromatic rings. The van der Waals surface area contributed by atoms with E-state index in [9.17, 15) is 0 Å². The third-order valence-corrected chi connectivity index (χ3v) is 5.01. The molecule has 0 amide bonds. The van der Waals surface area contributed by atoms with Gasteiger partial charge < -0.3 is 0 Å². The Morgan fingerprint density at radius 3 is 2.44 bits per heavy atom. The maximum Gasteiger partial charge on any atom is 0.00784 e. The van der Waals surface area contributed by atoms with E-state index in [1.165, 1.54) is 15.7 Å². The fraction of sp³-hybridized carbons (Fsp3) is 0.375. The van der Waals surface area contributed by atoms with Crippen LogP contribution in [0.25, 0.3) is 10.8 Å². The van der Waals surface area contributed by atoms with Crippen molar-refractivity contribution >= 4 is 35.2 Å². The Balaban J connectivity index is 2.07. The number of fused-ring (bicyclic) bond motifs is 1. The first-order valence-corrected chi connectivity index (χ1v) is 8.05. The molecule has 0 N–H and O–H groups in total. The van der Waals surface area contributed by atoms with Gasteiger partial charge in [-0.1, -0.05) is 44.2 Å². The highest BCUT2D eigenvalue weighted by Crippen LogP contribution is 2.27. The molecule has 0 aliphatic rings. The SMILES string of the molecule is CC(C)C(CS)CSc1ccc2ccccc2c1. The molecule has 0 fully saturated rings. The molecule has 0 spiro atoms. The molecule has 0 aliphatic heterocycles. The van der Waals surface area contributed by atoms with Crippen LogP contribution in [-0.4, -0.2) is 11.5 Å². The fourth-order valence-corrected chi connectivity index (χ4v) is 3.93. The summed E-state index contributed by atoms with van der Waals surface area (Å²) < 4.78 is 0. The second-order valence-corrected chi connectivity index (χ2v) is 6.47. The minimum Gasteiger partial charge on any atom is -0.179 e. The summed E-state index contributed by atoms with van der Waals surface area (Å²) >= 11 is 6.39. The lowest BCUT2D eigenvalue weighted by Gasteiger charge is -2.17. The molecule has 0 aromatic heterocycles. The van der Waals surface area contributed by atoms with E-state index in [0.29, 0.717) is 11.8 Å². The van der Waals surface area contributed by atoms with Crippen LogP contribution in [0.15, 0.2) is 47.4 Å². The van der Waals surface area contributed by atoms with Gasteiger partial charge in [0.05, 0.1) is 0 Å². The van der Waals surface area contributed by atoms with Crippen molar-refractivity contribution in [2.45, 2.75) is 18.7 Å². The highest BCUT2D eigenvalue weighted by atomic mass is 32.2. The highest BCUT2D eigenvalue weighted by molar-refractivity contribution is 7.99. The van der Waals surface area contributed by atoms with Crippen molar-refractivity contribution in [3.8, 4) is 0 Å². The molecule has 2 rings (SSSR count). The van der Waals surface area contributed by atoms with Gasteiger partial charge in [-0.25, -0.2) is 0 Å². The molecule has 96 valence electrons. The first-order chi connectivity index (χ1) is 8.70. The summed E-state index contributed by atoms with van der Waals surface area (Å²) in [4.78, 5) is 1.36. The van der Waals surface area contributed by atoms with Crippen molar-refractivity contribution in [2.24, 2.45) is 11.8 Å². The van der Waals surface area contributed by atoms with Crippen LogP contribution in [0.3, 0.4) is 0 Å².